The van der Waals surface area contributed by atoms with E-state index in [1.165, 1.54) is 218 Å². The summed E-state index contributed by atoms with van der Waals surface area (Å²) in [6.07, 6.45) is 55.2. The number of carbonyl (C=O) groups excluding carboxylic acids is 3. The quantitative estimate of drug-likeness (QED) is 0.0344. The standard InChI is InChI=1S/C59H114O6/c1-6-8-9-10-11-12-22-29-34-39-44-49-57(60)63-52-56(65-59(62)51-46-41-36-31-26-21-23-27-32-37-42-47-54(3)4)53-64-58(61)50-45-40-35-30-25-20-18-16-14-13-15-17-19-24-28-33-38-43-48-55(5)7-2/h54-56H,6-53H2,1-5H3/t55?,56-/m1/s1. The molecule has 0 saturated heterocycles. The van der Waals surface area contributed by atoms with Crippen LogP contribution >= 0.6 is 0 Å². The van der Waals surface area contributed by atoms with Gasteiger partial charge in [-0.2, -0.15) is 0 Å². The molecule has 2 atom stereocenters. The molecule has 0 aromatic rings. The third-order valence-electron chi connectivity index (χ3n) is 13.8. The molecule has 0 aromatic heterocycles. The summed E-state index contributed by atoms with van der Waals surface area (Å²) in [5.74, 6) is 0.894. The van der Waals surface area contributed by atoms with Crippen LogP contribution in [0.4, 0.5) is 0 Å². The van der Waals surface area contributed by atoms with Crippen molar-refractivity contribution in [1.82, 2.24) is 0 Å². The second-order valence-corrected chi connectivity index (χ2v) is 21.0. The monoisotopic (exact) mass is 919 g/mol. The Balaban J connectivity index is 4.20. The Morgan fingerprint density at radius 3 is 0.877 bits per heavy atom. The maximum atomic E-state index is 12.8. The van der Waals surface area contributed by atoms with Crippen LogP contribution in [-0.2, 0) is 28.6 Å². The molecule has 386 valence electrons. The lowest BCUT2D eigenvalue weighted by molar-refractivity contribution is -0.167. The number of ether oxygens (including phenoxy) is 3. The SMILES string of the molecule is CCCCCCCCCCCCCC(=O)OC[C@H](COC(=O)CCCCCCCCCCCCCCCCCCCCC(C)CC)OC(=O)CCCCCCCCCCCCCC(C)C. The molecule has 6 heteroatoms. The molecule has 0 spiro atoms. The number of rotatable bonds is 53. The van der Waals surface area contributed by atoms with Gasteiger partial charge in [0.2, 0.25) is 0 Å². The topological polar surface area (TPSA) is 78.9 Å². The van der Waals surface area contributed by atoms with Crippen LogP contribution in [0.5, 0.6) is 0 Å². The van der Waals surface area contributed by atoms with Gasteiger partial charge in [-0.25, -0.2) is 0 Å². The van der Waals surface area contributed by atoms with E-state index < -0.39 is 6.10 Å². The van der Waals surface area contributed by atoms with Crippen LogP contribution in [0, 0.1) is 11.8 Å². The van der Waals surface area contributed by atoms with E-state index in [-0.39, 0.29) is 31.1 Å². The lowest BCUT2D eigenvalue weighted by Gasteiger charge is -2.18. The maximum Gasteiger partial charge on any atom is 0.306 e. The summed E-state index contributed by atoms with van der Waals surface area (Å²) in [6.45, 7) is 11.4. The van der Waals surface area contributed by atoms with E-state index in [0.717, 1.165) is 69.6 Å². The molecule has 0 amide bonds. The van der Waals surface area contributed by atoms with Crippen molar-refractivity contribution in [2.24, 2.45) is 11.8 Å². The van der Waals surface area contributed by atoms with Crippen LogP contribution in [0.25, 0.3) is 0 Å². The van der Waals surface area contributed by atoms with Crippen molar-refractivity contribution >= 4 is 17.9 Å². The Morgan fingerprint density at radius 1 is 0.323 bits per heavy atom. The summed E-state index contributed by atoms with van der Waals surface area (Å²) >= 11 is 0. The minimum absolute atomic E-state index is 0.0627. The summed E-state index contributed by atoms with van der Waals surface area (Å²) in [4.78, 5) is 38.1. The number of hydrogen-bond donors (Lipinski definition) is 0. The number of hydrogen-bond acceptors (Lipinski definition) is 6. The molecule has 0 aliphatic rings. The molecule has 65 heavy (non-hydrogen) atoms. The molecule has 0 saturated carbocycles. The van der Waals surface area contributed by atoms with Gasteiger partial charge >= 0.3 is 17.9 Å². The van der Waals surface area contributed by atoms with Gasteiger partial charge in [-0.15, -0.1) is 0 Å². The second kappa shape index (κ2) is 51.8. The summed E-state index contributed by atoms with van der Waals surface area (Å²) in [6, 6.07) is 0. The van der Waals surface area contributed by atoms with Gasteiger partial charge < -0.3 is 14.2 Å². The van der Waals surface area contributed by atoms with E-state index in [9.17, 15) is 14.4 Å². The Hall–Kier alpha value is -1.59. The van der Waals surface area contributed by atoms with Crippen molar-refractivity contribution in [2.75, 3.05) is 13.2 Å². The molecule has 0 aliphatic heterocycles. The van der Waals surface area contributed by atoms with Gasteiger partial charge in [-0.1, -0.05) is 291 Å². The highest BCUT2D eigenvalue weighted by Crippen LogP contribution is 2.19. The number of unbranched alkanes of at least 4 members (excludes halogenated alkanes) is 37. The van der Waals surface area contributed by atoms with Gasteiger partial charge in [-0.05, 0) is 31.1 Å². The minimum atomic E-state index is -0.762. The maximum absolute atomic E-state index is 12.8. The average molecular weight is 920 g/mol. The first-order valence-electron chi connectivity index (χ1n) is 29.3. The van der Waals surface area contributed by atoms with Crippen LogP contribution in [0.3, 0.4) is 0 Å². The lowest BCUT2D eigenvalue weighted by atomic mass is 9.99. The van der Waals surface area contributed by atoms with Gasteiger partial charge in [-0.3, -0.25) is 14.4 Å². The lowest BCUT2D eigenvalue weighted by Crippen LogP contribution is -2.30. The van der Waals surface area contributed by atoms with Gasteiger partial charge in [0.1, 0.15) is 13.2 Å². The molecule has 0 aromatic carbocycles. The largest absolute Gasteiger partial charge is 0.462 e. The van der Waals surface area contributed by atoms with Gasteiger partial charge in [0.25, 0.3) is 0 Å². The van der Waals surface area contributed by atoms with Crippen molar-refractivity contribution in [3.63, 3.8) is 0 Å². The Labute approximate surface area is 406 Å². The van der Waals surface area contributed by atoms with Gasteiger partial charge in [0, 0.05) is 19.3 Å². The number of carbonyl (C=O) groups is 3. The van der Waals surface area contributed by atoms with Gasteiger partial charge in [0.15, 0.2) is 6.10 Å². The van der Waals surface area contributed by atoms with Crippen LogP contribution in [0.2, 0.25) is 0 Å². The molecule has 0 fully saturated rings. The first kappa shape index (κ1) is 63.4. The minimum Gasteiger partial charge on any atom is -0.462 e. The third kappa shape index (κ3) is 51.6. The molecular formula is C59H114O6. The van der Waals surface area contributed by atoms with Crippen molar-refractivity contribution in [1.29, 1.82) is 0 Å². The normalized spacial score (nSPS) is 12.5. The number of esters is 3. The predicted octanol–water partition coefficient (Wildman–Crippen LogP) is 19.3. The van der Waals surface area contributed by atoms with Crippen LogP contribution in [0.1, 0.15) is 330 Å². The van der Waals surface area contributed by atoms with E-state index >= 15 is 0 Å². The van der Waals surface area contributed by atoms with Crippen molar-refractivity contribution < 1.29 is 28.6 Å². The van der Waals surface area contributed by atoms with E-state index in [2.05, 4.69) is 34.6 Å². The van der Waals surface area contributed by atoms with Crippen molar-refractivity contribution in [2.45, 2.75) is 336 Å². The molecule has 0 bridgehead atoms. The summed E-state index contributed by atoms with van der Waals surface area (Å²) in [7, 11) is 0. The van der Waals surface area contributed by atoms with E-state index in [0.29, 0.717) is 19.3 Å². The summed E-state index contributed by atoms with van der Waals surface area (Å²) < 4.78 is 16.9. The molecule has 0 aliphatic carbocycles. The molecule has 1 unspecified atom stereocenters. The zero-order valence-corrected chi connectivity index (χ0v) is 44.6. The van der Waals surface area contributed by atoms with E-state index in [1.807, 2.05) is 0 Å². The zero-order valence-electron chi connectivity index (χ0n) is 44.6. The Morgan fingerprint density at radius 2 is 0.585 bits per heavy atom. The van der Waals surface area contributed by atoms with E-state index in [4.69, 9.17) is 14.2 Å². The fraction of sp³-hybridized carbons (Fsp3) is 0.949. The van der Waals surface area contributed by atoms with Crippen LogP contribution in [0.15, 0.2) is 0 Å². The van der Waals surface area contributed by atoms with Crippen molar-refractivity contribution in [3.05, 3.63) is 0 Å². The fourth-order valence-corrected chi connectivity index (χ4v) is 9.02. The highest BCUT2D eigenvalue weighted by atomic mass is 16.6. The zero-order chi connectivity index (χ0) is 47.5. The molecule has 0 heterocycles. The summed E-state index contributed by atoms with van der Waals surface area (Å²) in [5.41, 5.74) is 0. The Bertz CT molecular complexity index is 995. The molecule has 0 radical (unpaired) electrons. The smallest absolute Gasteiger partial charge is 0.306 e. The molecule has 6 nitrogen and oxygen atoms in total. The first-order valence-corrected chi connectivity index (χ1v) is 29.3. The van der Waals surface area contributed by atoms with Crippen LogP contribution < -0.4 is 0 Å². The predicted molar refractivity (Wildman–Crippen MR) is 280 cm³/mol. The highest BCUT2D eigenvalue weighted by Gasteiger charge is 2.19. The fourth-order valence-electron chi connectivity index (χ4n) is 9.02. The summed E-state index contributed by atoms with van der Waals surface area (Å²) in [5, 5.41) is 0. The average Bonchev–Trinajstić information content (AvgIpc) is 3.29. The second-order valence-electron chi connectivity index (χ2n) is 21.0. The molecular weight excluding hydrogens is 805 g/mol. The molecule has 0 rings (SSSR count). The first-order chi connectivity index (χ1) is 31.8. The molecule has 0 N–H and O–H groups in total. The van der Waals surface area contributed by atoms with Crippen LogP contribution in [-0.4, -0.2) is 37.2 Å². The van der Waals surface area contributed by atoms with Crippen molar-refractivity contribution in [3.8, 4) is 0 Å². The Kier molecular flexibility index (Phi) is 50.5. The van der Waals surface area contributed by atoms with Gasteiger partial charge in [0.05, 0.1) is 0 Å². The highest BCUT2D eigenvalue weighted by molar-refractivity contribution is 5.71. The third-order valence-corrected chi connectivity index (χ3v) is 13.8. The van der Waals surface area contributed by atoms with E-state index in [1.54, 1.807) is 0 Å².